The van der Waals surface area contributed by atoms with E-state index in [0.717, 1.165) is 246 Å². The molecule has 0 aliphatic heterocycles. The Morgan fingerprint density at radius 2 is 0.699 bits per heavy atom. The van der Waals surface area contributed by atoms with Gasteiger partial charge < -0.3 is 56.2 Å². The number of aldehydes is 3. The first kappa shape index (κ1) is 110. The van der Waals surface area contributed by atoms with E-state index in [2.05, 4.69) is 195 Å². The molecule has 11 N–H and O–H groups in total. The molecular formula is C121H196O15. The van der Waals surface area contributed by atoms with Crippen molar-refractivity contribution >= 4 is 24.6 Å². The van der Waals surface area contributed by atoms with Crippen molar-refractivity contribution in [3.8, 4) is 0 Å². The third kappa shape index (κ3) is 18.9. The average molecular weight is 1890 g/mol. The summed E-state index contributed by atoms with van der Waals surface area (Å²) in [6.07, 6.45) is 50.5. The van der Waals surface area contributed by atoms with Crippen LogP contribution in [0.5, 0.6) is 0 Å². The number of ketones is 1. The monoisotopic (exact) mass is 1890 g/mol. The summed E-state index contributed by atoms with van der Waals surface area (Å²) >= 11 is 0. The van der Waals surface area contributed by atoms with Crippen molar-refractivity contribution in [3.05, 3.63) is 82.0 Å². The highest BCUT2D eigenvalue weighted by molar-refractivity contribution is 5.88. The molecule has 18 aliphatic carbocycles. The topological polar surface area (TPSA) is 291 Å². The zero-order chi connectivity index (χ0) is 100. The Hall–Kier alpha value is -3.58. The van der Waals surface area contributed by atoms with Gasteiger partial charge in [0.15, 0.2) is 0 Å². The zero-order valence-electron chi connectivity index (χ0n) is 89.7. The highest BCUT2D eigenvalue weighted by Crippen LogP contribution is 2.73. The summed E-state index contributed by atoms with van der Waals surface area (Å²) in [5.41, 5.74) is 7.63. The molecule has 0 aromatic rings. The molecule has 0 heterocycles. The molecule has 34 atom stereocenters. The minimum absolute atomic E-state index is 0.00792. The minimum atomic E-state index is -0.572. The van der Waals surface area contributed by atoms with Gasteiger partial charge in [-0.3, -0.25) is 19.2 Å². The first-order valence-corrected chi connectivity index (χ1v) is 55.4. The number of carbonyl (C=O) groups is 4. The second kappa shape index (κ2) is 40.7. The van der Waals surface area contributed by atoms with E-state index in [-0.39, 0.29) is 145 Å². The van der Waals surface area contributed by atoms with Crippen LogP contribution in [0.15, 0.2) is 82.0 Å². The van der Waals surface area contributed by atoms with Crippen molar-refractivity contribution in [2.75, 3.05) is 19.8 Å². The van der Waals surface area contributed by atoms with Crippen molar-refractivity contribution < 1.29 is 75.3 Å². The molecule has 18 aliphatic rings. The van der Waals surface area contributed by atoms with E-state index in [1.165, 1.54) is 42.4 Å². The van der Waals surface area contributed by atoms with Gasteiger partial charge in [-0.2, -0.15) is 0 Å². The van der Waals surface area contributed by atoms with Gasteiger partial charge in [-0.1, -0.05) is 211 Å². The number of Topliss-reactive ketones (excluding diaryl/α,β-unsaturated/α-hetero) is 1. The summed E-state index contributed by atoms with van der Waals surface area (Å²) in [5.74, 6) is 8.64. The Morgan fingerprint density at radius 1 is 0.338 bits per heavy atom. The second-order valence-corrected chi connectivity index (χ2v) is 55.1. The predicted octanol–water partition coefficient (Wildman–Crippen LogP) is 23.5. The molecule has 136 heavy (non-hydrogen) atoms. The molecule has 0 spiro atoms. The summed E-state index contributed by atoms with van der Waals surface area (Å²) in [6.45, 7) is 56.8. The highest BCUT2D eigenvalue weighted by Gasteiger charge is 2.69. The lowest BCUT2D eigenvalue weighted by Crippen LogP contribution is -2.62. The highest BCUT2D eigenvalue weighted by atomic mass is 16.3. The first-order valence-electron chi connectivity index (χ1n) is 55.4. The van der Waals surface area contributed by atoms with Crippen molar-refractivity contribution in [3.63, 3.8) is 0 Å². The maximum Gasteiger partial charge on any atom is 0.146 e. The van der Waals surface area contributed by atoms with Crippen LogP contribution in [-0.2, 0) is 19.2 Å². The standard InChI is InChI=1S/C21H34O3.C21H36O3.C20H32O3.C20H32O2.C20H30O2.C19H32O2/c1-14-11-15(12-22)5-6-17-20(4)9-8-18(24)19(2,3)16(20)7-10-21(14,17)13-23;1-5-14-6-7-16-20(4)10-9-17(23)19(2,3)15(20)8-11-21(16,13-22)18(24)12-14;1-13-5-6-15-19(4)9-8-16(22)18(2,3)14(19)7-10-20(15,12-21)17(23)11-13;2*1-13-11-14(12-21)5-7-16-15(13)6-8-17-19(2,3)18(22)9-10-20(16,17)4;1-12-5-7-14-13(15(20)11-12)6-8-16-18(2,3)17(21)9-10-19(14,16)4/h5,12,14,16-18,23-24H,6-11,13H2,1-4H3;6,15-18,22-24H,5,7-13H2,1-4H3;5,14-16,21-22H,6-12H2,1-4H3;5,12-13,15-18,22H,6-11H2,1-4H3;5,12,15-18,22H,1,6-11H2,2-4H3;5,13-17,20-21H,6-11H2,1-4H3. The van der Waals surface area contributed by atoms with Crippen LogP contribution < -0.4 is 0 Å². The van der Waals surface area contributed by atoms with Crippen LogP contribution in [0.1, 0.15) is 397 Å². The lowest BCUT2D eigenvalue weighted by molar-refractivity contribution is -0.204. The van der Waals surface area contributed by atoms with Crippen molar-refractivity contribution in [1.82, 2.24) is 0 Å². The van der Waals surface area contributed by atoms with Crippen LogP contribution in [0, 0.1) is 182 Å². The molecule has 0 saturated heterocycles. The van der Waals surface area contributed by atoms with Crippen LogP contribution >= 0.6 is 0 Å². The molecule has 0 bridgehead atoms. The van der Waals surface area contributed by atoms with E-state index >= 15 is 0 Å². The quantitative estimate of drug-likeness (QED) is 0.0835. The number of aliphatic hydroxyl groups is 11. The maximum absolute atomic E-state index is 13.0. The predicted molar refractivity (Wildman–Crippen MR) is 547 cm³/mol. The molecule has 15 nitrogen and oxygen atoms in total. The minimum Gasteiger partial charge on any atom is -0.396 e. The number of hydrogen-bond acceptors (Lipinski definition) is 15. The van der Waals surface area contributed by atoms with Gasteiger partial charge in [0.2, 0.25) is 0 Å². The van der Waals surface area contributed by atoms with Gasteiger partial charge in [0, 0.05) is 18.4 Å². The Labute approximate surface area is 824 Å². The first-order chi connectivity index (χ1) is 63.5. The Morgan fingerprint density at radius 3 is 1.16 bits per heavy atom. The number of fused-ring (bicyclic) bond motifs is 18. The molecule has 12 fully saturated rings. The fourth-order valence-electron chi connectivity index (χ4n) is 38.4. The van der Waals surface area contributed by atoms with Crippen LogP contribution in [-0.4, -0.2) is 149 Å². The molecule has 0 amide bonds. The van der Waals surface area contributed by atoms with Crippen LogP contribution in [0.25, 0.3) is 0 Å². The van der Waals surface area contributed by atoms with E-state index in [0.29, 0.717) is 107 Å². The number of carbonyl (C=O) groups excluding carboxylic acids is 4. The van der Waals surface area contributed by atoms with Crippen LogP contribution in [0.3, 0.4) is 0 Å². The molecule has 34 unspecified atom stereocenters. The second-order valence-electron chi connectivity index (χ2n) is 55.1. The molecule has 12 saturated carbocycles. The van der Waals surface area contributed by atoms with Crippen molar-refractivity contribution in [1.29, 1.82) is 0 Å². The lowest BCUT2D eigenvalue weighted by atomic mass is 9.41. The van der Waals surface area contributed by atoms with Crippen molar-refractivity contribution in [2.45, 2.75) is 446 Å². The third-order valence-corrected chi connectivity index (χ3v) is 47.2. The summed E-state index contributed by atoms with van der Waals surface area (Å²) < 4.78 is 0. The van der Waals surface area contributed by atoms with Gasteiger partial charge in [-0.25, -0.2) is 0 Å². The van der Waals surface area contributed by atoms with Crippen LogP contribution in [0.2, 0.25) is 0 Å². The SMILES string of the molecule is C=C1CC(C=O)=CCC2C1CCC1C(C)(C)C(O)CCC21C.CC1=CCC2C(CCC3C(C)(C)C(O)CCC23C)C(O)C1.CC1=CCC2C(CO)(CCC3C(C)(C)C(O)CCC23C)C(=O)C1.CC1CC(C=O)=CCC2C1CCC1C(C)(C)C(O)CCC21C.CC1CC(C=O)=CCC2C3(C)CCC(O)C(C)(C)C3CCC12CO.CCC1=CCC2C3(C)CCC(O)C(C)(C)C3CCC2(CO)C(O)C1. The zero-order valence-corrected chi connectivity index (χ0v) is 89.7. The number of aliphatic hydroxyl groups excluding tert-OH is 11. The molecule has 0 radical (unpaired) electrons. The average Bonchev–Trinajstić information content (AvgIpc) is 1.18. The van der Waals surface area contributed by atoms with Gasteiger partial charge in [-0.15, -0.1) is 0 Å². The number of allylic oxidation sites excluding steroid dienone is 11. The van der Waals surface area contributed by atoms with E-state index in [1.807, 2.05) is 6.92 Å². The molecule has 0 aromatic heterocycles. The van der Waals surface area contributed by atoms with E-state index in [1.54, 1.807) is 0 Å². The smallest absolute Gasteiger partial charge is 0.146 e. The van der Waals surface area contributed by atoms with E-state index in [4.69, 9.17) is 0 Å². The van der Waals surface area contributed by atoms with Crippen LogP contribution in [0.4, 0.5) is 0 Å². The molecular weight excluding hydrogens is 1690 g/mol. The Kier molecular flexibility index (Phi) is 32.8. The molecule has 15 heteroatoms. The number of rotatable bonds is 7. The normalized spacial score (nSPS) is 47.3. The fourth-order valence-corrected chi connectivity index (χ4v) is 38.4. The summed E-state index contributed by atoms with van der Waals surface area (Å²) in [4.78, 5) is 46.9. The Balaban J connectivity index is 0.000000138. The van der Waals surface area contributed by atoms with Gasteiger partial charge in [0.05, 0.1) is 67.5 Å². The van der Waals surface area contributed by atoms with E-state index < -0.39 is 11.5 Å². The van der Waals surface area contributed by atoms with Gasteiger partial charge in [0.1, 0.15) is 24.6 Å². The molecule has 18 rings (SSSR count). The largest absolute Gasteiger partial charge is 0.396 e. The summed E-state index contributed by atoms with van der Waals surface area (Å²) in [6, 6.07) is 0. The third-order valence-electron chi connectivity index (χ3n) is 47.2. The Bertz CT molecular complexity index is 4430. The van der Waals surface area contributed by atoms with Gasteiger partial charge in [-0.05, 0) is 433 Å². The van der Waals surface area contributed by atoms with E-state index in [9.17, 15) is 75.3 Å². The maximum atomic E-state index is 13.0. The molecule has 0 aromatic carbocycles. The lowest BCUT2D eigenvalue weighted by Gasteiger charge is -2.64. The summed E-state index contributed by atoms with van der Waals surface area (Å²) in [5, 5.41) is 116. The van der Waals surface area contributed by atoms with Crippen molar-refractivity contribution in [2.24, 2.45) is 182 Å². The molecule has 770 valence electrons. The van der Waals surface area contributed by atoms with Gasteiger partial charge in [0.25, 0.3) is 0 Å². The number of hydrogen-bond donors (Lipinski definition) is 11. The van der Waals surface area contributed by atoms with Gasteiger partial charge >= 0.3 is 0 Å². The fraction of sp³-hybridized carbons (Fsp3) is 0.851. The summed E-state index contributed by atoms with van der Waals surface area (Å²) in [7, 11) is 0.